The van der Waals surface area contributed by atoms with E-state index in [1.807, 2.05) is 61.5 Å². The molecule has 0 aliphatic rings. The van der Waals surface area contributed by atoms with Gasteiger partial charge in [0.05, 0.1) is 12.6 Å². The maximum absolute atomic E-state index is 11.9. The highest BCUT2D eigenvalue weighted by molar-refractivity contribution is 9.10. The van der Waals surface area contributed by atoms with Crippen molar-refractivity contribution in [2.24, 2.45) is 0 Å². The minimum absolute atomic E-state index is 0.0567. The molecule has 0 heterocycles. The Balaban J connectivity index is 1.77. The standard InChI is InChI=1S/C19H19BrN2O2/c1-14(16-8-10-17(20)11-9-16)22-19(24)13-21-18(23)12-7-15-5-3-2-4-6-15/h2-12,14H,13H2,1H3,(H,21,23)(H,22,24)/b12-7+/t14-/m0/s1. The summed E-state index contributed by atoms with van der Waals surface area (Å²) < 4.78 is 0.988. The number of rotatable bonds is 6. The predicted molar refractivity (Wildman–Crippen MR) is 99.2 cm³/mol. The first-order valence-corrected chi connectivity index (χ1v) is 8.39. The lowest BCUT2D eigenvalue weighted by Crippen LogP contribution is -2.37. The molecule has 2 amide bonds. The van der Waals surface area contributed by atoms with Gasteiger partial charge in [-0.3, -0.25) is 9.59 Å². The van der Waals surface area contributed by atoms with Crippen LogP contribution in [-0.2, 0) is 9.59 Å². The first kappa shape index (κ1) is 17.9. The Morgan fingerprint density at radius 2 is 1.75 bits per heavy atom. The average Bonchev–Trinajstić information content (AvgIpc) is 2.59. The minimum Gasteiger partial charge on any atom is -0.348 e. The van der Waals surface area contributed by atoms with E-state index < -0.39 is 0 Å². The minimum atomic E-state index is -0.301. The molecule has 5 heteroatoms. The highest BCUT2D eigenvalue weighted by Gasteiger charge is 2.09. The first-order valence-electron chi connectivity index (χ1n) is 7.60. The van der Waals surface area contributed by atoms with Crippen LogP contribution in [0.1, 0.15) is 24.1 Å². The lowest BCUT2D eigenvalue weighted by atomic mass is 10.1. The lowest BCUT2D eigenvalue weighted by Gasteiger charge is -2.14. The van der Waals surface area contributed by atoms with Crippen LogP contribution in [0.25, 0.3) is 6.08 Å². The molecule has 4 nitrogen and oxygen atoms in total. The van der Waals surface area contributed by atoms with Crippen molar-refractivity contribution in [2.45, 2.75) is 13.0 Å². The molecule has 0 bridgehead atoms. The molecule has 0 aliphatic carbocycles. The van der Waals surface area contributed by atoms with Crippen molar-refractivity contribution in [2.75, 3.05) is 6.54 Å². The molecule has 0 fully saturated rings. The smallest absolute Gasteiger partial charge is 0.244 e. The lowest BCUT2D eigenvalue weighted by molar-refractivity contribution is -0.124. The maximum atomic E-state index is 11.9. The summed E-state index contributed by atoms with van der Waals surface area (Å²) in [6.07, 6.45) is 3.12. The normalized spacial score (nSPS) is 11.9. The summed E-state index contributed by atoms with van der Waals surface area (Å²) in [5, 5.41) is 5.43. The van der Waals surface area contributed by atoms with Gasteiger partial charge in [-0.1, -0.05) is 58.4 Å². The third kappa shape index (κ3) is 6.01. The van der Waals surface area contributed by atoms with Crippen LogP contribution in [0.3, 0.4) is 0 Å². The van der Waals surface area contributed by atoms with E-state index >= 15 is 0 Å². The van der Waals surface area contributed by atoms with Crippen LogP contribution in [0, 0.1) is 0 Å². The Labute approximate surface area is 150 Å². The predicted octanol–water partition coefficient (Wildman–Crippen LogP) is 3.46. The van der Waals surface area contributed by atoms with Crippen LogP contribution in [-0.4, -0.2) is 18.4 Å². The number of carbonyl (C=O) groups excluding carboxylic acids is 2. The van der Waals surface area contributed by atoms with Gasteiger partial charge >= 0.3 is 0 Å². The summed E-state index contributed by atoms with van der Waals surface area (Å²) in [5.41, 5.74) is 1.93. The van der Waals surface area contributed by atoms with Gasteiger partial charge in [-0.25, -0.2) is 0 Å². The largest absolute Gasteiger partial charge is 0.348 e. The van der Waals surface area contributed by atoms with Gasteiger partial charge in [-0.05, 0) is 36.3 Å². The monoisotopic (exact) mass is 386 g/mol. The number of amides is 2. The summed E-state index contributed by atoms with van der Waals surface area (Å²) in [4.78, 5) is 23.6. The van der Waals surface area contributed by atoms with Crippen LogP contribution >= 0.6 is 15.9 Å². The number of hydrogen-bond donors (Lipinski definition) is 2. The van der Waals surface area contributed by atoms with Crippen molar-refractivity contribution in [1.29, 1.82) is 0 Å². The third-order valence-electron chi connectivity index (χ3n) is 3.40. The zero-order valence-corrected chi connectivity index (χ0v) is 14.9. The molecule has 0 aromatic heterocycles. The Kier molecular flexibility index (Phi) is 6.75. The van der Waals surface area contributed by atoms with Crippen LogP contribution < -0.4 is 10.6 Å². The molecule has 0 aliphatic heterocycles. The molecule has 24 heavy (non-hydrogen) atoms. The van der Waals surface area contributed by atoms with E-state index in [9.17, 15) is 9.59 Å². The van der Waals surface area contributed by atoms with E-state index in [2.05, 4.69) is 26.6 Å². The fraction of sp³-hybridized carbons (Fsp3) is 0.158. The molecular weight excluding hydrogens is 368 g/mol. The Morgan fingerprint density at radius 3 is 2.42 bits per heavy atom. The zero-order chi connectivity index (χ0) is 17.4. The van der Waals surface area contributed by atoms with Crippen LogP contribution in [0.15, 0.2) is 65.1 Å². The summed E-state index contributed by atoms with van der Waals surface area (Å²) in [6, 6.07) is 17.1. The summed E-state index contributed by atoms with van der Waals surface area (Å²) >= 11 is 3.38. The van der Waals surface area contributed by atoms with Gasteiger partial charge in [0.15, 0.2) is 0 Å². The number of nitrogens with one attached hydrogen (secondary N) is 2. The van der Waals surface area contributed by atoms with Gasteiger partial charge in [-0.15, -0.1) is 0 Å². The topological polar surface area (TPSA) is 58.2 Å². The number of benzene rings is 2. The third-order valence-corrected chi connectivity index (χ3v) is 3.93. The molecule has 2 N–H and O–H groups in total. The van der Waals surface area contributed by atoms with E-state index in [-0.39, 0.29) is 24.4 Å². The van der Waals surface area contributed by atoms with Gasteiger partial charge < -0.3 is 10.6 Å². The number of halogens is 1. The van der Waals surface area contributed by atoms with E-state index in [0.29, 0.717) is 0 Å². The first-order chi connectivity index (χ1) is 11.5. The van der Waals surface area contributed by atoms with Crippen molar-refractivity contribution in [3.05, 3.63) is 76.3 Å². The molecule has 124 valence electrons. The van der Waals surface area contributed by atoms with E-state index in [0.717, 1.165) is 15.6 Å². The van der Waals surface area contributed by atoms with Crippen LogP contribution in [0.4, 0.5) is 0 Å². The van der Waals surface area contributed by atoms with Crippen molar-refractivity contribution in [3.8, 4) is 0 Å². The second-order valence-corrected chi connectivity index (χ2v) is 6.22. The second-order valence-electron chi connectivity index (χ2n) is 5.30. The van der Waals surface area contributed by atoms with E-state index in [4.69, 9.17) is 0 Å². The van der Waals surface area contributed by atoms with Crippen molar-refractivity contribution < 1.29 is 9.59 Å². The fourth-order valence-corrected chi connectivity index (χ4v) is 2.35. The number of carbonyl (C=O) groups is 2. The molecule has 0 radical (unpaired) electrons. The van der Waals surface area contributed by atoms with Crippen molar-refractivity contribution >= 4 is 33.8 Å². The average molecular weight is 387 g/mol. The molecule has 0 unspecified atom stereocenters. The molecule has 2 aromatic carbocycles. The summed E-state index contributed by atoms with van der Waals surface area (Å²) in [5.74, 6) is -0.530. The molecule has 0 saturated heterocycles. The van der Waals surface area contributed by atoms with Gasteiger partial charge in [0, 0.05) is 10.5 Å². The Morgan fingerprint density at radius 1 is 1.08 bits per heavy atom. The van der Waals surface area contributed by atoms with Gasteiger partial charge in [0.25, 0.3) is 0 Å². The highest BCUT2D eigenvalue weighted by atomic mass is 79.9. The van der Waals surface area contributed by atoms with Gasteiger partial charge in [0.1, 0.15) is 0 Å². The van der Waals surface area contributed by atoms with E-state index in [1.54, 1.807) is 6.08 Å². The molecule has 1 atom stereocenters. The quantitative estimate of drug-likeness (QED) is 0.746. The van der Waals surface area contributed by atoms with Crippen LogP contribution in [0.2, 0.25) is 0 Å². The summed E-state index contributed by atoms with van der Waals surface area (Å²) in [7, 11) is 0. The highest BCUT2D eigenvalue weighted by Crippen LogP contribution is 2.16. The van der Waals surface area contributed by atoms with Crippen molar-refractivity contribution in [1.82, 2.24) is 10.6 Å². The zero-order valence-electron chi connectivity index (χ0n) is 13.3. The van der Waals surface area contributed by atoms with E-state index in [1.165, 1.54) is 6.08 Å². The van der Waals surface area contributed by atoms with Crippen LogP contribution in [0.5, 0.6) is 0 Å². The van der Waals surface area contributed by atoms with Crippen molar-refractivity contribution in [3.63, 3.8) is 0 Å². The Hall–Kier alpha value is -2.40. The number of hydrogen-bond acceptors (Lipinski definition) is 2. The molecule has 0 saturated carbocycles. The SMILES string of the molecule is C[C@H](NC(=O)CNC(=O)/C=C/c1ccccc1)c1ccc(Br)cc1. The fourth-order valence-electron chi connectivity index (χ4n) is 2.09. The summed E-state index contributed by atoms with van der Waals surface area (Å²) in [6.45, 7) is 1.84. The second kappa shape index (κ2) is 9.03. The van der Waals surface area contributed by atoms with Gasteiger partial charge in [0.2, 0.25) is 11.8 Å². The maximum Gasteiger partial charge on any atom is 0.244 e. The molecular formula is C19H19BrN2O2. The Bertz CT molecular complexity index is 712. The molecule has 0 spiro atoms. The molecule has 2 rings (SSSR count). The molecule has 2 aromatic rings. The van der Waals surface area contributed by atoms with Gasteiger partial charge in [-0.2, -0.15) is 0 Å².